The Kier molecular flexibility index (Phi) is 4.02. The van der Waals surface area contributed by atoms with Gasteiger partial charge in [-0.3, -0.25) is 4.90 Å². The zero-order chi connectivity index (χ0) is 12.3. The number of hydrogen-bond acceptors (Lipinski definition) is 3. The number of nitrogens with zero attached hydrogens (tertiary/aromatic N) is 1. The van der Waals surface area contributed by atoms with E-state index in [1.807, 2.05) is 13.8 Å². The fourth-order valence-corrected chi connectivity index (χ4v) is 2.35. The fourth-order valence-electron chi connectivity index (χ4n) is 2.35. The zero-order valence-corrected chi connectivity index (χ0v) is 10.7. The highest BCUT2D eigenvalue weighted by Gasteiger charge is 2.11. The number of phenolic OH excluding ortho intramolecular Hbond substituents is 1. The molecule has 0 unspecified atom stereocenters. The van der Waals surface area contributed by atoms with Crippen LogP contribution in [0, 0.1) is 13.8 Å². The number of ether oxygens (including phenoxy) is 1. The Morgan fingerprint density at radius 1 is 1.18 bits per heavy atom. The van der Waals surface area contributed by atoms with E-state index < -0.39 is 0 Å². The second-order valence-corrected chi connectivity index (χ2v) is 4.82. The largest absolute Gasteiger partial charge is 0.507 e. The monoisotopic (exact) mass is 235 g/mol. The third kappa shape index (κ3) is 3.20. The van der Waals surface area contributed by atoms with Crippen LogP contribution in [0.2, 0.25) is 0 Å². The average molecular weight is 235 g/mol. The van der Waals surface area contributed by atoms with Crippen LogP contribution in [-0.4, -0.2) is 36.3 Å². The van der Waals surface area contributed by atoms with E-state index in [4.69, 9.17) is 4.74 Å². The van der Waals surface area contributed by atoms with E-state index in [1.165, 1.54) is 5.56 Å². The Labute approximate surface area is 103 Å². The molecule has 0 aliphatic carbocycles. The molecule has 2 rings (SSSR count). The lowest BCUT2D eigenvalue weighted by Crippen LogP contribution is -2.25. The predicted octanol–water partition coefficient (Wildman–Crippen LogP) is 2.23. The molecule has 1 heterocycles. The molecular weight excluding hydrogens is 214 g/mol. The highest BCUT2D eigenvalue weighted by atomic mass is 16.5. The van der Waals surface area contributed by atoms with E-state index >= 15 is 0 Å². The Balaban J connectivity index is 2.07. The van der Waals surface area contributed by atoms with Gasteiger partial charge in [-0.1, -0.05) is 12.1 Å². The molecule has 1 aromatic rings. The minimum Gasteiger partial charge on any atom is -0.507 e. The molecule has 0 atom stereocenters. The summed E-state index contributed by atoms with van der Waals surface area (Å²) in [6, 6.07) is 4.15. The molecule has 1 aliphatic rings. The van der Waals surface area contributed by atoms with Crippen LogP contribution >= 0.6 is 0 Å². The SMILES string of the molecule is Cc1cc(CN2CCCOCC2)cc(C)c1O. The van der Waals surface area contributed by atoms with Gasteiger partial charge in [0.1, 0.15) is 5.75 Å². The molecule has 3 nitrogen and oxygen atoms in total. The third-order valence-electron chi connectivity index (χ3n) is 3.27. The molecule has 0 radical (unpaired) electrons. The first-order valence-electron chi connectivity index (χ1n) is 6.26. The van der Waals surface area contributed by atoms with Gasteiger partial charge >= 0.3 is 0 Å². The van der Waals surface area contributed by atoms with Gasteiger partial charge in [-0.15, -0.1) is 0 Å². The van der Waals surface area contributed by atoms with Crippen molar-refractivity contribution < 1.29 is 9.84 Å². The molecule has 1 N–H and O–H groups in total. The lowest BCUT2D eigenvalue weighted by molar-refractivity contribution is 0.140. The highest BCUT2D eigenvalue weighted by molar-refractivity contribution is 5.42. The van der Waals surface area contributed by atoms with Crippen molar-refractivity contribution in [1.29, 1.82) is 0 Å². The summed E-state index contributed by atoms with van der Waals surface area (Å²) >= 11 is 0. The highest BCUT2D eigenvalue weighted by Crippen LogP contribution is 2.23. The fraction of sp³-hybridized carbons (Fsp3) is 0.571. The number of benzene rings is 1. The van der Waals surface area contributed by atoms with Gasteiger partial charge in [0, 0.05) is 26.2 Å². The molecule has 1 aliphatic heterocycles. The van der Waals surface area contributed by atoms with Crippen LogP contribution in [-0.2, 0) is 11.3 Å². The maximum absolute atomic E-state index is 9.75. The first-order valence-corrected chi connectivity index (χ1v) is 6.26. The molecule has 0 saturated carbocycles. The minimum absolute atomic E-state index is 0.424. The summed E-state index contributed by atoms with van der Waals surface area (Å²) in [6.07, 6.45) is 1.11. The smallest absolute Gasteiger partial charge is 0.121 e. The molecular formula is C14H21NO2. The first-order chi connectivity index (χ1) is 8.16. The van der Waals surface area contributed by atoms with Gasteiger partial charge < -0.3 is 9.84 Å². The normalized spacial score (nSPS) is 18.0. The van der Waals surface area contributed by atoms with Crippen molar-refractivity contribution in [2.24, 2.45) is 0 Å². The van der Waals surface area contributed by atoms with Crippen LogP contribution in [0.3, 0.4) is 0 Å². The van der Waals surface area contributed by atoms with Crippen LogP contribution in [0.1, 0.15) is 23.1 Å². The van der Waals surface area contributed by atoms with E-state index in [1.54, 1.807) is 0 Å². The quantitative estimate of drug-likeness (QED) is 0.853. The van der Waals surface area contributed by atoms with Crippen molar-refractivity contribution in [2.75, 3.05) is 26.3 Å². The molecule has 1 aromatic carbocycles. The first kappa shape index (κ1) is 12.4. The van der Waals surface area contributed by atoms with Crippen LogP contribution < -0.4 is 0 Å². The van der Waals surface area contributed by atoms with Gasteiger partial charge in [-0.2, -0.15) is 0 Å². The summed E-state index contributed by atoms with van der Waals surface area (Å²) in [5.41, 5.74) is 3.21. The zero-order valence-electron chi connectivity index (χ0n) is 10.7. The van der Waals surface area contributed by atoms with E-state index in [-0.39, 0.29) is 0 Å². The van der Waals surface area contributed by atoms with Crippen LogP contribution in [0.25, 0.3) is 0 Å². The topological polar surface area (TPSA) is 32.7 Å². The number of phenols is 1. The molecule has 94 valence electrons. The summed E-state index contributed by atoms with van der Waals surface area (Å²) in [7, 11) is 0. The minimum atomic E-state index is 0.424. The predicted molar refractivity (Wildman–Crippen MR) is 68.3 cm³/mol. The molecule has 1 saturated heterocycles. The van der Waals surface area contributed by atoms with Gasteiger partial charge in [0.15, 0.2) is 0 Å². The number of hydrogen-bond donors (Lipinski definition) is 1. The van der Waals surface area contributed by atoms with Crippen LogP contribution in [0.4, 0.5) is 0 Å². The summed E-state index contributed by atoms with van der Waals surface area (Å²) in [5.74, 6) is 0.424. The maximum atomic E-state index is 9.75. The Bertz CT molecular complexity index is 359. The Hall–Kier alpha value is -1.06. The third-order valence-corrected chi connectivity index (χ3v) is 3.27. The van der Waals surface area contributed by atoms with Crippen molar-refractivity contribution in [2.45, 2.75) is 26.8 Å². The average Bonchev–Trinajstić information content (AvgIpc) is 2.54. The second kappa shape index (κ2) is 5.52. The van der Waals surface area contributed by atoms with Crippen LogP contribution in [0.15, 0.2) is 12.1 Å². The second-order valence-electron chi connectivity index (χ2n) is 4.82. The van der Waals surface area contributed by atoms with E-state index in [2.05, 4.69) is 17.0 Å². The molecule has 0 bridgehead atoms. The Morgan fingerprint density at radius 2 is 1.88 bits per heavy atom. The maximum Gasteiger partial charge on any atom is 0.121 e. The van der Waals surface area contributed by atoms with Crippen molar-refractivity contribution in [1.82, 2.24) is 4.90 Å². The summed E-state index contributed by atoms with van der Waals surface area (Å²) in [6.45, 7) is 8.66. The van der Waals surface area contributed by atoms with E-state index in [0.29, 0.717) is 5.75 Å². The van der Waals surface area contributed by atoms with E-state index in [9.17, 15) is 5.11 Å². The summed E-state index contributed by atoms with van der Waals surface area (Å²) in [4.78, 5) is 2.41. The number of aromatic hydroxyl groups is 1. The van der Waals surface area contributed by atoms with Gasteiger partial charge in [0.2, 0.25) is 0 Å². The lowest BCUT2D eigenvalue weighted by atomic mass is 10.1. The van der Waals surface area contributed by atoms with Gasteiger partial charge in [-0.05, 0) is 37.0 Å². The molecule has 17 heavy (non-hydrogen) atoms. The van der Waals surface area contributed by atoms with Crippen molar-refractivity contribution in [3.8, 4) is 5.75 Å². The lowest BCUT2D eigenvalue weighted by Gasteiger charge is -2.20. The van der Waals surface area contributed by atoms with Crippen molar-refractivity contribution in [3.05, 3.63) is 28.8 Å². The molecule has 3 heteroatoms. The van der Waals surface area contributed by atoms with E-state index in [0.717, 1.165) is 50.4 Å². The van der Waals surface area contributed by atoms with Crippen molar-refractivity contribution >= 4 is 0 Å². The summed E-state index contributed by atoms with van der Waals surface area (Å²) < 4.78 is 5.45. The molecule has 0 amide bonds. The van der Waals surface area contributed by atoms with Gasteiger partial charge in [-0.25, -0.2) is 0 Å². The van der Waals surface area contributed by atoms with Gasteiger partial charge in [0.25, 0.3) is 0 Å². The number of aryl methyl sites for hydroxylation is 2. The molecule has 0 spiro atoms. The summed E-state index contributed by atoms with van der Waals surface area (Å²) in [5, 5.41) is 9.75. The number of rotatable bonds is 2. The molecule has 1 fully saturated rings. The van der Waals surface area contributed by atoms with Gasteiger partial charge in [0.05, 0.1) is 6.61 Å². The molecule has 0 aromatic heterocycles. The van der Waals surface area contributed by atoms with Crippen LogP contribution in [0.5, 0.6) is 5.75 Å². The van der Waals surface area contributed by atoms with Crippen molar-refractivity contribution in [3.63, 3.8) is 0 Å². The Morgan fingerprint density at radius 3 is 2.59 bits per heavy atom. The standard InChI is InChI=1S/C14H21NO2/c1-11-8-13(9-12(2)14(11)16)10-15-4-3-6-17-7-5-15/h8-9,16H,3-7,10H2,1-2H3.